The van der Waals surface area contributed by atoms with Crippen LogP contribution in [0.4, 0.5) is 0 Å². The Hall–Kier alpha value is -1.10. The summed E-state index contributed by atoms with van der Waals surface area (Å²) in [4.78, 5) is 22.4. The van der Waals surface area contributed by atoms with Crippen molar-refractivity contribution in [3.63, 3.8) is 0 Å². The maximum Gasteiger partial charge on any atom is 0.303 e. The molecule has 3 atom stereocenters. The molecular weight excluding hydrogens is 234 g/mol. The number of rotatable bonds is 6. The number of carboxylic acids is 1. The lowest BCUT2D eigenvalue weighted by molar-refractivity contribution is -0.137. The third-order valence-corrected chi connectivity index (χ3v) is 3.45. The number of carbonyl (C=O) groups excluding carboxylic acids is 1. The van der Waals surface area contributed by atoms with Gasteiger partial charge < -0.3 is 15.2 Å². The van der Waals surface area contributed by atoms with Gasteiger partial charge in [-0.2, -0.15) is 0 Å². The highest BCUT2D eigenvalue weighted by atomic mass is 16.5. The quantitative estimate of drug-likeness (QED) is 0.751. The van der Waals surface area contributed by atoms with Crippen LogP contribution in [0.3, 0.4) is 0 Å². The molecule has 5 nitrogen and oxygen atoms in total. The molecule has 1 aliphatic heterocycles. The Morgan fingerprint density at radius 2 is 2.22 bits per heavy atom. The molecule has 0 aromatic carbocycles. The molecule has 0 aromatic rings. The Kier molecular flexibility index (Phi) is 6.12. The number of aliphatic carboxylic acids is 1. The zero-order valence-electron chi connectivity index (χ0n) is 11.1. The number of hydrogen-bond acceptors (Lipinski definition) is 3. The first-order valence-corrected chi connectivity index (χ1v) is 6.58. The van der Waals surface area contributed by atoms with Crippen molar-refractivity contribution >= 4 is 11.9 Å². The molecule has 0 aromatic heterocycles. The summed E-state index contributed by atoms with van der Waals surface area (Å²) in [7, 11) is 0. The van der Waals surface area contributed by atoms with Gasteiger partial charge in [0.2, 0.25) is 5.91 Å². The smallest absolute Gasteiger partial charge is 0.303 e. The molecule has 1 fully saturated rings. The van der Waals surface area contributed by atoms with Gasteiger partial charge in [-0.1, -0.05) is 13.8 Å². The summed E-state index contributed by atoms with van der Waals surface area (Å²) >= 11 is 0. The number of carbonyl (C=O) groups is 2. The summed E-state index contributed by atoms with van der Waals surface area (Å²) in [5.41, 5.74) is 0. The standard InChI is InChI=1S/C13H23NO4/c1-9(3-4-12(15)16)7-14-13(17)11-5-6-18-8-10(11)2/h9-11H,3-8H2,1-2H3,(H,14,17)(H,15,16). The van der Waals surface area contributed by atoms with Crippen LogP contribution < -0.4 is 5.32 Å². The minimum absolute atomic E-state index is 0.0328. The van der Waals surface area contributed by atoms with E-state index in [1.54, 1.807) is 0 Å². The topological polar surface area (TPSA) is 75.6 Å². The monoisotopic (exact) mass is 257 g/mol. The zero-order valence-corrected chi connectivity index (χ0v) is 11.1. The van der Waals surface area contributed by atoms with E-state index in [9.17, 15) is 9.59 Å². The van der Waals surface area contributed by atoms with E-state index in [2.05, 4.69) is 5.32 Å². The molecule has 18 heavy (non-hydrogen) atoms. The third-order valence-electron chi connectivity index (χ3n) is 3.45. The highest BCUT2D eigenvalue weighted by molar-refractivity contribution is 5.79. The first-order valence-electron chi connectivity index (χ1n) is 6.58. The van der Waals surface area contributed by atoms with Crippen LogP contribution in [0, 0.1) is 17.8 Å². The molecule has 1 rings (SSSR count). The van der Waals surface area contributed by atoms with Crippen molar-refractivity contribution < 1.29 is 19.4 Å². The van der Waals surface area contributed by atoms with E-state index in [4.69, 9.17) is 9.84 Å². The van der Waals surface area contributed by atoms with Crippen LogP contribution in [0.5, 0.6) is 0 Å². The minimum atomic E-state index is -0.786. The minimum Gasteiger partial charge on any atom is -0.481 e. The molecular formula is C13H23NO4. The predicted molar refractivity (Wildman–Crippen MR) is 67.1 cm³/mol. The van der Waals surface area contributed by atoms with Gasteiger partial charge in [0, 0.05) is 32.1 Å². The number of ether oxygens (including phenoxy) is 1. The molecule has 3 unspecified atom stereocenters. The fourth-order valence-electron chi connectivity index (χ4n) is 2.15. The van der Waals surface area contributed by atoms with Crippen molar-refractivity contribution in [2.45, 2.75) is 33.1 Å². The Bertz CT molecular complexity index is 293. The van der Waals surface area contributed by atoms with Crippen LogP contribution >= 0.6 is 0 Å². The first-order chi connectivity index (χ1) is 8.50. The predicted octanol–water partition coefficient (Wildman–Crippen LogP) is 1.28. The van der Waals surface area contributed by atoms with E-state index in [0.29, 0.717) is 26.2 Å². The molecule has 0 bridgehead atoms. The average molecular weight is 257 g/mol. The van der Waals surface area contributed by atoms with E-state index < -0.39 is 5.97 Å². The van der Waals surface area contributed by atoms with Crippen molar-refractivity contribution in [2.75, 3.05) is 19.8 Å². The van der Waals surface area contributed by atoms with Crippen molar-refractivity contribution in [1.82, 2.24) is 5.32 Å². The Balaban J connectivity index is 2.25. The van der Waals surface area contributed by atoms with Gasteiger partial charge in [-0.15, -0.1) is 0 Å². The molecule has 0 radical (unpaired) electrons. The van der Waals surface area contributed by atoms with Crippen LogP contribution in [0.2, 0.25) is 0 Å². The van der Waals surface area contributed by atoms with E-state index >= 15 is 0 Å². The van der Waals surface area contributed by atoms with Gasteiger partial charge in [-0.25, -0.2) is 0 Å². The molecule has 0 saturated carbocycles. The molecule has 5 heteroatoms. The lowest BCUT2D eigenvalue weighted by Gasteiger charge is -2.28. The van der Waals surface area contributed by atoms with Gasteiger partial charge in [0.1, 0.15) is 0 Å². The molecule has 1 saturated heterocycles. The van der Waals surface area contributed by atoms with E-state index in [-0.39, 0.29) is 30.1 Å². The van der Waals surface area contributed by atoms with Crippen LogP contribution in [0.1, 0.15) is 33.1 Å². The largest absolute Gasteiger partial charge is 0.481 e. The van der Waals surface area contributed by atoms with Gasteiger partial charge in [0.05, 0.1) is 0 Å². The SMILES string of the molecule is CC(CCC(=O)O)CNC(=O)C1CCOCC1C. The number of nitrogens with one attached hydrogen (secondary N) is 1. The highest BCUT2D eigenvalue weighted by Gasteiger charge is 2.28. The average Bonchev–Trinajstić information content (AvgIpc) is 2.34. The van der Waals surface area contributed by atoms with E-state index in [1.165, 1.54) is 0 Å². The summed E-state index contributed by atoms with van der Waals surface area (Å²) in [6.07, 6.45) is 1.53. The molecule has 0 aliphatic carbocycles. The zero-order chi connectivity index (χ0) is 13.5. The van der Waals surface area contributed by atoms with Crippen LogP contribution in [-0.4, -0.2) is 36.7 Å². The van der Waals surface area contributed by atoms with Gasteiger partial charge in [0.15, 0.2) is 0 Å². The van der Waals surface area contributed by atoms with Crippen molar-refractivity contribution in [3.8, 4) is 0 Å². The Labute approximate surface area is 108 Å². The fourth-order valence-corrected chi connectivity index (χ4v) is 2.15. The van der Waals surface area contributed by atoms with Gasteiger partial charge in [-0.05, 0) is 24.7 Å². The van der Waals surface area contributed by atoms with Crippen molar-refractivity contribution in [3.05, 3.63) is 0 Å². The fraction of sp³-hybridized carbons (Fsp3) is 0.846. The summed E-state index contributed by atoms with van der Waals surface area (Å²) in [6.45, 7) is 5.83. The van der Waals surface area contributed by atoms with Crippen molar-refractivity contribution in [1.29, 1.82) is 0 Å². The maximum absolute atomic E-state index is 12.0. The van der Waals surface area contributed by atoms with Crippen LogP contribution in [0.15, 0.2) is 0 Å². The Morgan fingerprint density at radius 3 is 2.83 bits per heavy atom. The van der Waals surface area contributed by atoms with Crippen LogP contribution in [0.25, 0.3) is 0 Å². The summed E-state index contributed by atoms with van der Waals surface area (Å²) < 4.78 is 5.31. The van der Waals surface area contributed by atoms with Crippen molar-refractivity contribution in [2.24, 2.45) is 17.8 Å². The second kappa shape index (κ2) is 7.36. The summed E-state index contributed by atoms with van der Waals surface area (Å²) in [6, 6.07) is 0. The van der Waals surface area contributed by atoms with Gasteiger partial charge >= 0.3 is 5.97 Å². The molecule has 1 amide bonds. The number of hydrogen-bond donors (Lipinski definition) is 2. The normalized spacial score (nSPS) is 25.4. The highest BCUT2D eigenvalue weighted by Crippen LogP contribution is 2.21. The maximum atomic E-state index is 12.0. The van der Waals surface area contributed by atoms with Gasteiger partial charge in [-0.3, -0.25) is 9.59 Å². The molecule has 0 spiro atoms. The molecule has 104 valence electrons. The van der Waals surface area contributed by atoms with E-state index in [0.717, 1.165) is 6.42 Å². The summed E-state index contributed by atoms with van der Waals surface area (Å²) in [5, 5.41) is 11.5. The second-order valence-corrected chi connectivity index (χ2v) is 5.23. The van der Waals surface area contributed by atoms with Gasteiger partial charge in [0.25, 0.3) is 0 Å². The second-order valence-electron chi connectivity index (χ2n) is 5.23. The van der Waals surface area contributed by atoms with E-state index in [1.807, 2.05) is 13.8 Å². The molecule has 1 heterocycles. The molecule has 1 aliphatic rings. The third kappa shape index (κ3) is 5.04. The first kappa shape index (κ1) is 15.0. The molecule has 2 N–H and O–H groups in total. The number of carboxylic acid groups (broad SMARTS) is 1. The Morgan fingerprint density at radius 1 is 1.50 bits per heavy atom. The lowest BCUT2D eigenvalue weighted by Crippen LogP contribution is -2.40. The number of amides is 1. The van der Waals surface area contributed by atoms with Crippen LogP contribution in [-0.2, 0) is 14.3 Å². The lowest BCUT2D eigenvalue weighted by atomic mass is 9.89. The summed E-state index contributed by atoms with van der Waals surface area (Å²) in [5.74, 6) is -0.224.